The van der Waals surface area contributed by atoms with Crippen molar-refractivity contribution in [3.05, 3.63) is 117 Å². The van der Waals surface area contributed by atoms with Crippen LogP contribution in [-0.2, 0) is 0 Å². The summed E-state index contributed by atoms with van der Waals surface area (Å²) in [6.45, 7) is 0. The SMILES string of the molecule is Clc1ccc([B-](c2ccc(Cl)cc2)(c2ccc(Cl)cc2)c2ccc(Cl)cc2)cc1.[H-].[Na+]. The molecule has 0 unspecified atom stereocenters. The zero-order valence-electron chi connectivity index (χ0n) is 17.3. The molecule has 0 spiro atoms. The molecule has 0 amide bonds. The maximum absolute atomic E-state index is 6.22. The Bertz CT molecular complexity index is 929. The first kappa shape index (κ1) is 23.8. The first-order valence-electron chi connectivity index (χ1n) is 9.20. The van der Waals surface area contributed by atoms with Crippen LogP contribution in [0.5, 0.6) is 0 Å². The Hall–Kier alpha value is -0.895. The van der Waals surface area contributed by atoms with Gasteiger partial charge in [0.05, 0.1) is 0 Å². The van der Waals surface area contributed by atoms with Gasteiger partial charge in [-0.1, -0.05) is 94.9 Å². The molecule has 0 aliphatic carbocycles. The van der Waals surface area contributed by atoms with Crippen LogP contribution < -0.4 is 51.4 Å². The summed E-state index contributed by atoms with van der Waals surface area (Å²) in [4.78, 5) is 0. The van der Waals surface area contributed by atoms with Crippen LogP contribution in [0.25, 0.3) is 0 Å². The largest absolute Gasteiger partial charge is 1.00 e. The summed E-state index contributed by atoms with van der Waals surface area (Å²) >= 11 is 24.9. The van der Waals surface area contributed by atoms with Crippen LogP contribution in [0, 0.1) is 0 Å². The standard InChI is InChI=1S/C24H16BCl4.Na.H/c26-21-9-1-17(2-10-21)25(18-3-11-22(27)12-4-18,19-5-13-23(28)14-6-19)20-7-15-24(29)16-8-20;;/h1-16H;;/q-1;+1;-1. The van der Waals surface area contributed by atoms with Gasteiger partial charge in [0.25, 0.3) is 0 Å². The van der Waals surface area contributed by atoms with E-state index >= 15 is 0 Å². The average molecular weight is 481 g/mol. The zero-order chi connectivity index (χ0) is 20.4. The third kappa shape index (κ3) is 4.64. The van der Waals surface area contributed by atoms with Gasteiger partial charge < -0.3 is 1.43 Å². The fraction of sp³-hybridized carbons (Fsp3) is 0. The van der Waals surface area contributed by atoms with Crippen LogP contribution in [0.4, 0.5) is 0 Å². The van der Waals surface area contributed by atoms with Gasteiger partial charge in [0, 0.05) is 20.1 Å². The predicted octanol–water partition coefficient (Wildman–Crippen LogP) is 2.79. The first-order valence-corrected chi connectivity index (χ1v) is 10.7. The molecule has 0 saturated heterocycles. The van der Waals surface area contributed by atoms with Crippen molar-refractivity contribution in [3.8, 4) is 0 Å². The average Bonchev–Trinajstić information content (AvgIpc) is 2.73. The van der Waals surface area contributed by atoms with Crippen LogP contribution >= 0.6 is 46.4 Å². The van der Waals surface area contributed by atoms with Crippen molar-refractivity contribution in [1.29, 1.82) is 0 Å². The Morgan fingerprint density at radius 1 is 0.367 bits per heavy atom. The minimum absolute atomic E-state index is 0. The van der Waals surface area contributed by atoms with Crippen LogP contribution in [0.3, 0.4) is 0 Å². The van der Waals surface area contributed by atoms with E-state index in [-0.39, 0.29) is 31.0 Å². The molecule has 4 aromatic carbocycles. The van der Waals surface area contributed by atoms with Crippen molar-refractivity contribution in [2.24, 2.45) is 0 Å². The van der Waals surface area contributed by atoms with Crippen LogP contribution in [-0.4, -0.2) is 6.15 Å². The maximum Gasteiger partial charge on any atom is 1.00 e. The Kier molecular flexibility index (Phi) is 8.04. The molecular formula is C24H17BCl4Na-. The normalized spacial score (nSPS) is 11.1. The van der Waals surface area contributed by atoms with Crippen molar-refractivity contribution in [2.45, 2.75) is 0 Å². The number of hydrogen-bond donors (Lipinski definition) is 0. The van der Waals surface area contributed by atoms with E-state index in [1.165, 1.54) is 0 Å². The molecule has 0 aliphatic rings. The van der Waals surface area contributed by atoms with E-state index in [9.17, 15) is 0 Å². The van der Waals surface area contributed by atoms with Crippen molar-refractivity contribution in [2.75, 3.05) is 0 Å². The van der Waals surface area contributed by atoms with Gasteiger partial charge in [0.15, 0.2) is 0 Å². The van der Waals surface area contributed by atoms with Gasteiger partial charge in [0.1, 0.15) is 6.15 Å². The van der Waals surface area contributed by atoms with Crippen LogP contribution in [0.2, 0.25) is 20.1 Å². The summed E-state index contributed by atoms with van der Waals surface area (Å²) in [6, 6.07) is 32.1. The smallest absolute Gasteiger partial charge is 1.00 e. The van der Waals surface area contributed by atoms with Gasteiger partial charge >= 0.3 is 29.6 Å². The predicted molar refractivity (Wildman–Crippen MR) is 131 cm³/mol. The Balaban J connectivity index is 0.00000171. The molecule has 0 radical (unpaired) electrons. The monoisotopic (exact) mass is 479 g/mol. The van der Waals surface area contributed by atoms with Gasteiger partial charge in [-0.3, -0.25) is 0 Å². The molecule has 4 aromatic rings. The third-order valence-electron chi connectivity index (χ3n) is 5.48. The molecule has 0 fully saturated rings. The topological polar surface area (TPSA) is 0 Å². The van der Waals surface area contributed by atoms with E-state index in [0.29, 0.717) is 20.1 Å². The second-order valence-electron chi connectivity index (χ2n) is 7.07. The Morgan fingerprint density at radius 2 is 0.533 bits per heavy atom. The molecule has 30 heavy (non-hydrogen) atoms. The number of halogens is 4. The fourth-order valence-electron chi connectivity index (χ4n) is 4.16. The van der Waals surface area contributed by atoms with Crippen molar-refractivity contribution in [1.82, 2.24) is 0 Å². The van der Waals surface area contributed by atoms with Crippen molar-refractivity contribution in [3.63, 3.8) is 0 Å². The molecule has 0 heterocycles. The summed E-state index contributed by atoms with van der Waals surface area (Å²) in [5.41, 5.74) is 4.56. The number of rotatable bonds is 4. The van der Waals surface area contributed by atoms with Gasteiger partial charge in [0.2, 0.25) is 0 Å². The van der Waals surface area contributed by atoms with E-state index in [1.807, 2.05) is 48.5 Å². The minimum Gasteiger partial charge on any atom is -1.00 e. The molecule has 0 N–H and O–H groups in total. The number of benzene rings is 4. The summed E-state index contributed by atoms with van der Waals surface area (Å²) in [7, 11) is 0. The first-order chi connectivity index (χ1) is 14.0. The Labute approximate surface area is 220 Å². The van der Waals surface area contributed by atoms with Crippen LogP contribution in [0.15, 0.2) is 97.1 Å². The molecule has 0 bridgehead atoms. The molecule has 0 saturated carbocycles. The van der Waals surface area contributed by atoms with E-state index in [0.717, 1.165) is 21.9 Å². The zero-order valence-corrected chi connectivity index (χ0v) is 21.4. The Morgan fingerprint density at radius 3 is 0.700 bits per heavy atom. The third-order valence-corrected chi connectivity index (χ3v) is 6.49. The molecular weight excluding hydrogens is 464 g/mol. The molecule has 6 heteroatoms. The van der Waals surface area contributed by atoms with Gasteiger partial charge in [-0.15, -0.1) is 0 Å². The van der Waals surface area contributed by atoms with E-state index in [4.69, 9.17) is 46.4 Å². The van der Waals surface area contributed by atoms with Crippen molar-refractivity contribution >= 4 is 74.4 Å². The summed E-state index contributed by atoms with van der Waals surface area (Å²) in [6.07, 6.45) is -1.51. The fourth-order valence-corrected chi connectivity index (χ4v) is 4.66. The van der Waals surface area contributed by atoms with E-state index in [1.54, 1.807) is 0 Å². The second-order valence-corrected chi connectivity index (χ2v) is 8.82. The molecule has 0 aliphatic heterocycles. The molecule has 0 nitrogen and oxygen atoms in total. The second kappa shape index (κ2) is 10.1. The van der Waals surface area contributed by atoms with E-state index in [2.05, 4.69) is 48.5 Å². The van der Waals surface area contributed by atoms with Gasteiger partial charge in [-0.2, -0.15) is 21.9 Å². The van der Waals surface area contributed by atoms with Gasteiger partial charge in [-0.05, 0) is 48.5 Å². The van der Waals surface area contributed by atoms with Crippen LogP contribution in [0.1, 0.15) is 1.43 Å². The summed E-state index contributed by atoms with van der Waals surface area (Å²) in [5.74, 6) is 0. The molecule has 4 rings (SSSR count). The maximum atomic E-state index is 6.22. The van der Waals surface area contributed by atoms with E-state index < -0.39 is 6.15 Å². The molecule has 0 aromatic heterocycles. The minimum atomic E-state index is -1.51. The summed E-state index contributed by atoms with van der Waals surface area (Å²) in [5, 5.41) is 2.78. The van der Waals surface area contributed by atoms with Gasteiger partial charge in [-0.25, -0.2) is 0 Å². The number of hydrogen-bond acceptors (Lipinski definition) is 0. The van der Waals surface area contributed by atoms with Crippen molar-refractivity contribution < 1.29 is 31.0 Å². The quantitative estimate of drug-likeness (QED) is 0.394. The molecule has 0 atom stereocenters. The summed E-state index contributed by atoms with van der Waals surface area (Å²) < 4.78 is 0. The molecule has 146 valence electrons.